The fraction of sp³-hybridized carbons (Fsp3) is 0.455. The Labute approximate surface area is 93.0 Å². The molecule has 0 fully saturated rings. The minimum absolute atomic E-state index is 0.175. The first-order valence-corrected chi connectivity index (χ1v) is 5.45. The molecule has 0 atom stereocenters. The standard InChI is InChI=1S/C11H15BrO2/c1-8-6-10(14-5-3-4-13)7-9(2)11(8)12/h6-7,13H,3-5H2,1-2H3. The van der Waals surface area contributed by atoms with E-state index in [4.69, 9.17) is 9.84 Å². The molecule has 0 aliphatic rings. The van der Waals surface area contributed by atoms with E-state index in [1.807, 2.05) is 26.0 Å². The number of aryl methyl sites for hydroxylation is 2. The summed E-state index contributed by atoms with van der Waals surface area (Å²) < 4.78 is 6.61. The zero-order chi connectivity index (χ0) is 10.6. The molecule has 1 N–H and O–H groups in total. The van der Waals surface area contributed by atoms with Gasteiger partial charge in [0.05, 0.1) is 6.61 Å². The molecule has 3 heteroatoms. The molecule has 0 heterocycles. The molecule has 78 valence electrons. The monoisotopic (exact) mass is 258 g/mol. The fourth-order valence-corrected chi connectivity index (χ4v) is 1.47. The predicted octanol–water partition coefficient (Wildman–Crippen LogP) is 2.83. The van der Waals surface area contributed by atoms with Gasteiger partial charge in [-0.05, 0) is 37.1 Å². The van der Waals surface area contributed by atoms with Crippen molar-refractivity contribution in [2.75, 3.05) is 13.2 Å². The van der Waals surface area contributed by atoms with Crippen molar-refractivity contribution in [3.63, 3.8) is 0 Å². The lowest BCUT2D eigenvalue weighted by Crippen LogP contribution is -2.00. The molecular weight excluding hydrogens is 244 g/mol. The van der Waals surface area contributed by atoms with Crippen LogP contribution in [-0.4, -0.2) is 18.3 Å². The highest BCUT2D eigenvalue weighted by Crippen LogP contribution is 2.26. The lowest BCUT2D eigenvalue weighted by molar-refractivity contribution is 0.233. The molecule has 1 aromatic rings. The Morgan fingerprint density at radius 2 is 1.86 bits per heavy atom. The Morgan fingerprint density at radius 3 is 2.36 bits per heavy atom. The van der Waals surface area contributed by atoms with Gasteiger partial charge in [0, 0.05) is 17.5 Å². The molecule has 0 spiro atoms. The number of benzene rings is 1. The zero-order valence-electron chi connectivity index (χ0n) is 8.51. The third-order valence-electron chi connectivity index (χ3n) is 1.98. The van der Waals surface area contributed by atoms with E-state index in [-0.39, 0.29) is 6.61 Å². The molecule has 0 bridgehead atoms. The average Bonchev–Trinajstić information content (AvgIpc) is 2.14. The maximum absolute atomic E-state index is 8.61. The van der Waals surface area contributed by atoms with Gasteiger partial charge in [0.15, 0.2) is 0 Å². The van der Waals surface area contributed by atoms with E-state index in [1.165, 1.54) is 11.1 Å². The number of aliphatic hydroxyl groups excluding tert-OH is 1. The average molecular weight is 259 g/mol. The second-order valence-corrected chi connectivity index (χ2v) is 4.09. The van der Waals surface area contributed by atoms with Crippen LogP contribution in [0, 0.1) is 13.8 Å². The van der Waals surface area contributed by atoms with Crippen molar-refractivity contribution in [2.24, 2.45) is 0 Å². The topological polar surface area (TPSA) is 29.5 Å². The Hall–Kier alpha value is -0.540. The summed E-state index contributed by atoms with van der Waals surface area (Å²) in [5.74, 6) is 0.872. The highest BCUT2D eigenvalue weighted by molar-refractivity contribution is 9.10. The van der Waals surface area contributed by atoms with Gasteiger partial charge in [0.1, 0.15) is 5.75 Å². The van der Waals surface area contributed by atoms with E-state index >= 15 is 0 Å². The largest absolute Gasteiger partial charge is 0.493 e. The van der Waals surface area contributed by atoms with Gasteiger partial charge in [0.25, 0.3) is 0 Å². The number of hydrogen-bond acceptors (Lipinski definition) is 2. The minimum Gasteiger partial charge on any atom is -0.493 e. The predicted molar refractivity (Wildman–Crippen MR) is 60.8 cm³/mol. The number of rotatable bonds is 4. The first kappa shape index (κ1) is 11.5. The summed E-state index contributed by atoms with van der Waals surface area (Å²) in [5.41, 5.74) is 2.34. The van der Waals surface area contributed by atoms with Crippen molar-refractivity contribution < 1.29 is 9.84 Å². The van der Waals surface area contributed by atoms with Gasteiger partial charge in [0.2, 0.25) is 0 Å². The van der Waals surface area contributed by atoms with Crippen LogP contribution in [0.4, 0.5) is 0 Å². The summed E-state index contributed by atoms with van der Waals surface area (Å²) >= 11 is 3.50. The summed E-state index contributed by atoms with van der Waals surface area (Å²) in [7, 11) is 0. The maximum atomic E-state index is 8.61. The van der Waals surface area contributed by atoms with Crippen molar-refractivity contribution in [1.29, 1.82) is 0 Å². The molecule has 0 radical (unpaired) electrons. The first-order chi connectivity index (χ1) is 6.65. The molecule has 0 saturated carbocycles. The van der Waals surface area contributed by atoms with Crippen LogP contribution in [0.1, 0.15) is 17.5 Å². The van der Waals surface area contributed by atoms with Gasteiger partial charge >= 0.3 is 0 Å². The van der Waals surface area contributed by atoms with Crippen molar-refractivity contribution >= 4 is 15.9 Å². The van der Waals surface area contributed by atoms with E-state index < -0.39 is 0 Å². The molecule has 1 aromatic carbocycles. The number of aliphatic hydroxyl groups is 1. The van der Waals surface area contributed by atoms with E-state index in [0.717, 1.165) is 10.2 Å². The molecular formula is C11H15BrO2. The van der Waals surface area contributed by atoms with Crippen LogP contribution in [0.5, 0.6) is 5.75 Å². The van der Waals surface area contributed by atoms with Gasteiger partial charge in [-0.3, -0.25) is 0 Å². The number of halogens is 1. The van der Waals surface area contributed by atoms with E-state index in [0.29, 0.717) is 13.0 Å². The Kier molecular flexibility index (Phi) is 4.42. The Morgan fingerprint density at radius 1 is 1.29 bits per heavy atom. The number of ether oxygens (including phenoxy) is 1. The van der Waals surface area contributed by atoms with Crippen LogP contribution < -0.4 is 4.74 Å². The Bertz CT molecular complexity index is 287. The van der Waals surface area contributed by atoms with Gasteiger partial charge in [-0.25, -0.2) is 0 Å². The molecule has 2 nitrogen and oxygen atoms in total. The summed E-state index contributed by atoms with van der Waals surface area (Å²) in [4.78, 5) is 0. The van der Waals surface area contributed by atoms with Gasteiger partial charge in [-0.1, -0.05) is 15.9 Å². The zero-order valence-corrected chi connectivity index (χ0v) is 10.1. The van der Waals surface area contributed by atoms with E-state index in [9.17, 15) is 0 Å². The second-order valence-electron chi connectivity index (χ2n) is 3.30. The first-order valence-electron chi connectivity index (χ1n) is 4.65. The lowest BCUT2D eigenvalue weighted by atomic mass is 10.1. The van der Waals surface area contributed by atoms with E-state index in [2.05, 4.69) is 15.9 Å². The smallest absolute Gasteiger partial charge is 0.119 e. The third-order valence-corrected chi connectivity index (χ3v) is 3.23. The molecule has 0 aliphatic carbocycles. The van der Waals surface area contributed by atoms with Crippen LogP contribution >= 0.6 is 15.9 Å². The molecule has 0 aromatic heterocycles. The molecule has 0 amide bonds. The summed E-state index contributed by atoms with van der Waals surface area (Å²) in [6, 6.07) is 3.99. The van der Waals surface area contributed by atoms with Gasteiger partial charge in [-0.2, -0.15) is 0 Å². The van der Waals surface area contributed by atoms with Gasteiger partial charge < -0.3 is 9.84 Å². The van der Waals surface area contributed by atoms with Crippen LogP contribution in [0.25, 0.3) is 0 Å². The molecule has 0 unspecified atom stereocenters. The van der Waals surface area contributed by atoms with Crippen LogP contribution in [0.3, 0.4) is 0 Å². The van der Waals surface area contributed by atoms with Crippen molar-refractivity contribution in [1.82, 2.24) is 0 Å². The SMILES string of the molecule is Cc1cc(OCCCO)cc(C)c1Br. The quantitative estimate of drug-likeness (QED) is 0.842. The van der Waals surface area contributed by atoms with Crippen molar-refractivity contribution in [2.45, 2.75) is 20.3 Å². The molecule has 14 heavy (non-hydrogen) atoms. The highest BCUT2D eigenvalue weighted by Gasteiger charge is 2.02. The van der Waals surface area contributed by atoms with E-state index in [1.54, 1.807) is 0 Å². The van der Waals surface area contributed by atoms with Gasteiger partial charge in [-0.15, -0.1) is 0 Å². The minimum atomic E-state index is 0.175. The Balaban J connectivity index is 2.69. The summed E-state index contributed by atoms with van der Waals surface area (Å²) in [5, 5.41) is 8.61. The van der Waals surface area contributed by atoms with Crippen molar-refractivity contribution in [3.8, 4) is 5.75 Å². The summed E-state index contributed by atoms with van der Waals surface area (Å²) in [6.07, 6.45) is 0.675. The van der Waals surface area contributed by atoms with Crippen LogP contribution in [0.15, 0.2) is 16.6 Å². The molecule has 0 aliphatic heterocycles. The highest BCUT2D eigenvalue weighted by atomic mass is 79.9. The number of hydrogen-bond donors (Lipinski definition) is 1. The van der Waals surface area contributed by atoms with Crippen LogP contribution in [0.2, 0.25) is 0 Å². The summed E-state index contributed by atoms with van der Waals surface area (Å²) in [6.45, 7) is 4.82. The molecule has 0 saturated heterocycles. The fourth-order valence-electron chi connectivity index (χ4n) is 1.24. The normalized spacial score (nSPS) is 10.3. The molecule has 1 rings (SSSR count). The maximum Gasteiger partial charge on any atom is 0.119 e. The third kappa shape index (κ3) is 3.00. The lowest BCUT2D eigenvalue weighted by Gasteiger charge is -2.09. The van der Waals surface area contributed by atoms with Crippen LogP contribution in [-0.2, 0) is 0 Å². The second kappa shape index (κ2) is 5.37. The van der Waals surface area contributed by atoms with Crippen molar-refractivity contribution in [3.05, 3.63) is 27.7 Å².